The fourth-order valence-corrected chi connectivity index (χ4v) is 6.96. The number of ether oxygens (including phenoxy) is 1. The minimum atomic E-state index is -1.23. The van der Waals surface area contributed by atoms with E-state index in [1.54, 1.807) is 6.92 Å². The van der Waals surface area contributed by atoms with Crippen LogP contribution in [0.4, 0.5) is 0 Å². The maximum Gasteiger partial charge on any atom is 0.310 e. The van der Waals surface area contributed by atoms with E-state index in [9.17, 15) is 24.6 Å². The molecule has 0 amide bonds. The lowest BCUT2D eigenvalue weighted by Gasteiger charge is -2.63. The van der Waals surface area contributed by atoms with E-state index in [-0.39, 0.29) is 42.2 Å². The van der Waals surface area contributed by atoms with E-state index in [0.29, 0.717) is 0 Å². The molecule has 3 aliphatic carbocycles. The lowest BCUT2D eigenvalue weighted by molar-refractivity contribution is -0.223. The quantitative estimate of drug-likeness (QED) is 0.625. The Morgan fingerprint density at radius 2 is 1.72 bits per heavy atom. The lowest BCUT2D eigenvalue weighted by Crippen LogP contribution is -2.71. The maximum absolute atomic E-state index is 13.2. The first-order valence-corrected chi connectivity index (χ1v) is 9.18. The van der Waals surface area contributed by atoms with Crippen LogP contribution in [0, 0.1) is 40.4 Å². The van der Waals surface area contributed by atoms with E-state index < -0.39 is 46.9 Å². The number of fused-ring (bicyclic) bond motifs is 6. The predicted octanol–water partition coefficient (Wildman–Crippen LogP) is 0.726. The van der Waals surface area contributed by atoms with Crippen molar-refractivity contribution in [1.82, 2.24) is 0 Å². The van der Waals surface area contributed by atoms with Gasteiger partial charge in [-0.1, -0.05) is 27.7 Å². The molecule has 0 radical (unpaired) electrons. The molecule has 6 nitrogen and oxygen atoms in total. The lowest BCUT2D eigenvalue weighted by atomic mass is 9.39. The Hall–Kier alpha value is -1.27. The van der Waals surface area contributed by atoms with Crippen LogP contribution >= 0.6 is 0 Å². The third-order valence-corrected chi connectivity index (χ3v) is 8.10. The predicted molar refractivity (Wildman–Crippen MR) is 86.2 cm³/mol. The van der Waals surface area contributed by atoms with Crippen molar-refractivity contribution in [1.29, 1.82) is 0 Å². The highest BCUT2D eigenvalue weighted by molar-refractivity contribution is 5.94. The molecule has 2 N–H and O–H groups in total. The van der Waals surface area contributed by atoms with Crippen LogP contribution in [0.15, 0.2) is 0 Å². The molecule has 3 saturated carbocycles. The molecule has 1 aliphatic heterocycles. The van der Waals surface area contributed by atoms with Crippen LogP contribution < -0.4 is 0 Å². The van der Waals surface area contributed by atoms with E-state index in [1.807, 2.05) is 20.8 Å². The number of aliphatic hydroxyl groups excluding tert-OH is 2. The summed E-state index contributed by atoms with van der Waals surface area (Å²) >= 11 is 0. The summed E-state index contributed by atoms with van der Waals surface area (Å²) in [6, 6.07) is 0. The van der Waals surface area contributed by atoms with Gasteiger partial charge in [0.2, 0.25) is 0 Å². The fourth-order valence-electron chi connectivity index (χ4n) is 6.96. The van der Waals surface area contributed by atoms with Crippen LogP contribution in [0.25, 0.3) is 0 Å². The molecule has 4 aliphatic rings. The van der Waals surface area contributed by atoms with Crippen molar-refractivity contribution in [3.8, 4) is 0 Å². The second-order valence-electron chi connectivity index (χ2n) is 9.14. The zero-order valence-electron chi connectivity index (χ0n) is 15.1. The number of rotatable bonds is 0. The standard InChI is InChI=1S/C19H26O6/c1-7-5-10(20)16(23)18(3)9(7)6-11(21)19(4)12-8(2)14(25-17(12)24)13(22)15(18)19/h7-9,12-16,22-23H,5-6H2,1-4H3/t7-,8+,9+,12+,13-,14+,15+,16+,18-,19-/m0/s1. The molecule has 4 fully saturated rings. The van der Waals surface area contributed by atoms with Gasteiger partial charge in [0.25, 0.3) is 0 Å². The first kappa shape index (κ1) is 17.2. The Balaban J connectivity index is 1.93. The average molecular weight is 350 g/mol. The molecule has 0 aromatic rings. The van der Waals surface area contributed by atoms with Crippen LogP contribution in [-0.4, -0.2) is 46.1 Å². The fraction of sp³-hybridized carbons (Fsp3) is 0.842. The Labute approximate surface area is 146 Å². The van der Waals surface area contributed by atoms with Crippen molar-refractivity contribution in [3.05, 3.63) is 0 Å². The third kappa shape index (κ3) is 1.75. The van der Waals surface area contributed by atoms with Gasteiger partial charge in [0.05, 0.1) is 12.0 Å². The number of hydrogen-bond donors (Lipinski definition) is 2. The van der Waals surface area contributed by atoms with Crippen molar-refractivity contribution in [2.45, 2.75) is 58.8 Å². The Kier molecular flexibility index (Phi) is 3.37. The highest BCUT2D eigenvalue weighted by atomic mass is 16.6. The number of Topliss-reactive ketones (excluding diaryl/α,β-unsaturated/α-hetero) is 2. The summed E-state index contributed by atoms with van der Waals surface area (Å²) in [5.74, 6) is -2.54. The molecule has 10 atom stereocenters. The number of carbonyl (C=O) groups excluding carboxylic acids is 3. The zero-order valence-corrected chi connectivity index (χ0v) is 15.1. The summed E-state index contributed by atoms with van der Waals surface area (Å²) in [4.78, 5) is 38.1. The second kappa shape index (κ2) is 4.92. The van der Waals surface area contributed by atoms with Gasteiger partial charge in [0, 0.05) is 35.5 Å². The van der Waals surface area contributed by atoms with Crippen LogP contribution in [0.5, 0.6) is 0 Å². The smallest absolute Gasteiger partial charge is 0.310 e. The van der Waals surface area contributed by atoms with Crippen molar-refractivity contribution < 1.29 is 29.3 Å². The van der Waals surface area contributed by atoms with Gasteiger partial charge in [-0.25, -0.2) is 0 Å². The van der Waals surface area contributed by atoms with Gasteiger partial charge in [-0.2, -0.15) is 0 Å². The van der Waals surface area contributed by atoms with Crippen molar-refractivity contribution in [3.63, 3.8) is 0 Å². The van der Waals surface area contributed by atoms with E-state index in [4.69, 9.17) is 4.74 Å². The van der Waals surface area contributed by atoms with E-state index >= 15 is 0 Å². The van der Waals surface area contributed by atoms with Crippen molar-refractivity contribution >= 4 is 17.5 Å². The zero-order chi connectivity index (χ0) is 18.5. The van der Waals surface area contributed by atoms with E-state index in [2.05, 4.69) is 0 Å². The summed E-state index contributed by atoms with van der Waals surface area (Å²) in [5, 5.41) is 21.9. The molecule has 1 heterocycles. The summed E-state index contributed by atoms with van der Waals surface area (Å²) in [7, 11) is 0. The summed E-state index contributed by atoms with van der Waals surface area (Å²) in [6.45, 7) is 7.30. The molecule has 6 heteroatoms. The largest absolute Gasteiger partial charge is 0.459 e. The molecule has 0 spiro atoms. The first-order chi connectivity index (χ1) is 11.6. The van der Waals surface area contributed by atoms with Gasteiger partial charge in [-0.15, -0.1) is 0 Å². The van der Waals surface area contributed by atoms with Crippen LogP contribution in [0.1, 0.15) is 40.5 Å². The monoisotopic (exact) mass is 350 g/mol. The molecule has 25 heavy (non-hydrogen) atoms. The molecule has 0 aromatic carbocycles. The van der Waals surface area contributed by atoms with Gasteiger partial charge >= 0.3 is 5.97 Å². The Morgan fingerprint density at radius 1 is 1.08 bits per heavy atom. The Morgan fingerprint density at radius 3 is 2.36 bits per heavy atom. The number of aliphatic hydroxyl groups is 2. The van der Waals surface area contributed by atoms with E-state index in [1.165, 1.54) is 0 Å². The Bertz CT molecular complexity index is 673. The maximum atomic E-state index is 13.2. The SMILES string of the molecule is C[C@H]1[C@H]2OC(=O)[C@@H]1[C@]1(C)C(=O)C[C@@H]3[C@@H](C)CC(=O)[C@@H](O)[C@]3(C)[C@H]1[C@H]2O. The minimum absolute atomic E-state index is 0.0461. The molecule has 138 valence electrons. The van der Waals surface area contributed by atoms with Crippen LogP contribution in [0.2, 0.25) is 0 Å². The first-order valence-electron chi connectivity index (χ1n) is 9.18. The molecule has 2 bridgehead atoms. The van der Waals surface area contributed by atoms with Crippen molar-refractivity contribution in [2.24, 2.45) is 40.4 Å². The van der Waals surface area contributed by atoms with Gasteiger partial charge in [-0.3, -0.25) is 14.4 Å². The van der Waals surface area contributed by atoms with Crippen LogP contribution in [0.3, 0.4) is 0 Å². The third-order valence-electron chi connectivity index (χ3n) is 8.10. The molecule has 4 rings (SSSR count). The second-order valence-corrected chi connectivity index (χ2v) is 9.14. The van der Waals surface area contributed by atoms with Crippen molar-refractivity contribution in [2.75, 3.05) is 0 Å². The summed E-state index contributed by atoms with van der Waals surface area (Å²) in [5.41, 5.74) is -2.06. The highest BCUT2D eigenvalue weighted by Gasteiger charge is 2.75. The van der Waals surface area contributed by atoms with Gasteiger partial charge in [-0.05, 0) is 11.8 Å². The molecular weight excluding hydrogens is 324 g/mol. The molecule has 0 aromatic heterocycles. The average Bonchev–Trinajstić information content (AvgIpc) is 2.78. The van der Waals surface area contributed by atoms with Crippen LogP contribution in [-0.2, 0) is 19.1 Å². The molecule has 1 saturated heterocycles. The summed E-state index contributed by atoms with van der Waals surface area (Å²) in [6.07, 6.45) is -2.51. The highest BCUT2D eigenvalue weighted by Crippen LogP contribution is 2.67. The summed E-state index contributed by atoms with van der Waals surface area (Å²) < 4.78 is 5.42. The van der Waals surface area contributed by atoms with Gasteiger partial charge in [0.1, 0.15) is 18.0 Å². The minimum Gasteiger partial charge on any atom is -0.459 e. The number of ketones is 2. The number of carbonyl (C=O) groups is 3. The number of hydrogen-bond acceptors (Lipinski definition) is 6. The number of esters is 1. The van der Waals surface area contributed by atoms with Gasteiger partial charge in [0.15, 0.2) is 5.78 Å². The topological polar surface area (TPSA) is 101 Å². The normalized spacial score (nSPS) is 57.8. The van der Waals surface area contributed by atoms with E-state index in [0.717, 1.165) is 0 Å². The van der Waals surface area contributed by atoms with Gasteiger partial charge < -0.3 is 14.9 Å². The molecule has 0 unspecified atom stereocenters. The molecular formula is C19H26O6.